The lowest BCUT2D eigenvalue weighted by Crippen LogP contribution is -2.44. The van der Waals surface area contributed by atoms with Crippen LogP contribution in [0.3, 0.4) is 0 Å². The SMILES string of the molecule is Cc1ccccc1C(=O)Nc1ccc(C(=O)N2CCCCc3sccc32)cc1OCCCC(=O)N1CCC(N(C)C)CC1. The second-order valence-corrected chi connectivity index (χ2v) is 12.7. The van der Waals surface area contributed by atoms with Gasteiger partial charge in [0.2, 0.25) is 5.91 Å². The Morgan fingerprint density at radius 3 is 2.58 bits per heavy atom. The van der Waals surface area contributed by atoms with Gasteiger partial charge in [-0.25, -0.2) is 0 Å². The Balaban J connectivity index is 1.29. The fourth-order valence-corrected chi connectivity index (χ4v) is 6.82. The van der Waals surface area contributed by atoms with Crippen molar-refractivity contribution in [3.63, 3.8) is 0 Å². The van der Waals surface area contributed by atoms with E-state index in [9.17, 15) is 14.4 Å². The zero-order valence-corrected chi connectivity index (χ0v) is 26.3. The van der Waals surface area contributed by atoms with E-state index in [4.69, 9.17) is 4.74 Å². The maximum absolute atomic E-state index is 13.8. The Morgan fingerprint density at radius 1 is 1.02 bits per heavy atom. The molecule has 1 N–H and O–H groups in total. The van der Waals surface area contributed by atoms with Gasteiger partial charge in [0.1, 0.15) is 5.75 Å². The van der Waals surface area contributed by atoms with Gasteiger partial charge in [-0.2, -0.15) is 0 Å². The van der Waals surface area contributed by atoms with Crippen LogP contribution in [0.2, 0.25) is 0 Å². The van der Waals surface area contributed by atoms with Crippen molar-refractivity contribution < 1.29 is 19.1 Å². The summed E-state index contributed by atoms with van der Waals surface area (Å²) in [5, 5.41) is 5.03. The van der Waals surface area contributed by atoms with Gasteiger partial charge in [-0.3, -0.25) is 14.4 Å². The number of likely N-dealkylation sites (tertiary alicyclic amines) is 1. The molecular weight excluding hydrogens is 560 g/mol. The smallest absolute Gasteiger partial charge is 0.258 e. The van der Waals surface area contributed by atoms with Crippen molar-refractivity contribution in [3.05, 3.63) is 75.5 Å². The first kappa shape index (κ1) is 30.8. The van der Waals surface area contributed by atoms with Gasteiger partial charge in [0.15, 0.2) is 0 Å². The number of fused-ring (bicyclic) bond motifs is 1. The average Bonchev–Trinajstić information content (AvgIpc) is 3.38. The number of nitrogens with one attached hydrogen (secondary N) is 1. The molecule has 3 heterocycles. The Morgan fingerprint density at radius 2 is 1.81 bits per heavy atom. The monoisotopic (exact) mass is 602 g/mol. The number of carbonyl (C=O) groups excluding carboxylic acids is 3. The van der Waals surface area contributed by atoms with Crippen molar-refractivity contribution in [2.45, 2.75) is 57.9 Å². The second kappa shape index (κ2) is 14.2. The van der Waals surface area contributed by atoms with Crippen LogP contribution in [0.1, 0.15) is 69.7 Å². The number of amides is 3. The fourth-order valence-electron chi connectivity index (χ4n) is 5.89. The predicted molar refractivity (Wildman–Crippen MR) is 173 cm³/mol. The summed E-state index contributed by atoms with van der Waals surface area (Å²) in [6.07, 6.45) is 5.91. The van der Waals surface area contributed by atoms with Crippen LogP contribution in [0.25, 0.3) is 0 Å². The summed E-state index contributed by atoms with van der Waals surface area (Å²) in [6, 6.07) is 15.2. The number of hydrogen-bond donors (Lipinski definition) is 1. The highest BCUT2D eigenvalue weighted by atomic mass is 32.1. The van der Waals surface area contributed by atoms with Gasteiger partial charge in [0.25, 0.3) is 11.8 Å². The number of rotatable bonds is 9. The summed E-state index contributed by atoms with van der Waals surface area (Å²) in [5.74, 6) is 0.242. The summed E-state index contributed by atoms with van der Waals surface area (Å²) >= 11 is 1.69. The molecule has 2 aliphatic heterocycles. The Labute approximate surface area is 258 Å². The minimum absolute atomic E-state index is 0.0838. The highest BCUT2D eigenvalue weighted by Gasteiger charge is 2.26. The Kier molecular flexibility index (Phi) is 10.1. The number of anilines is 2. The largest absolute Gasteiger partial charge is 0.491 e. The molecular formula is C34H42N4O4S. The minimum Gasteiger partial charge on any atom is -0.491 e. The lowest BCUT2D eigenvalue weighted by Gasteiger charge is -2.35. The molecule has 2 aromatic carbocycles. The van der Waals surface area contributed by atoms with Crippen molar-refractivity contribution in [3.8, 4) is 5.75 Å². The molecule has 1 aromatic heterocycles. The molecule has 0 spiro atoms. The van der Waals surface area contributed by atoms with E-state index in [2.05, 4.69) is 24.3 Å². The molecule has 1 fully saturated rings. The molecule has 3 amide bonds. The van der Waals surface area contributed by atoms with Crippen LogP contribution in [0, 0.1) is 6.92 Å². The average molecular weight is 603 g/mol. The van der Waals surface area contributed by atoms with Gasteiger partial charge < -0.3 is 24.8 Å². The third kappa shape index (κ3) is 7.46. The normalized spacial score (nSPS) is 15.6. The number of aryl methyl sites for hydroxylation is 2. The summed E-state index contributed by atoms with van der Waals surface area (Å²) in [6.45, 7) is 4.42. The number of nitrogens with zero attached hydrogens (tertiary/aromatic N) is 3. The molecule has 2 aliphatic rings. The topological polar surface area (TPSA) is 82.2 Å². The number of hydrogen-bond acceptors (Lipinski definition) is 6. The molecule has 0 aliphatic carbocycles. The van der Waals surface area contributed by atoms with Crippen LogP contribution in [-0.4, -0.2) is 73.9 Å². The lowest BCUT2D eigenvalue weighted by molar-refractivity contribution is -0.132. The molecule has 0 radical (unpaired) electrons. The van der Waals surface area contributed by atoms with Crippen LogP contribution in [0.4, 0.5) is 11.4 Å². The molecule has 43 heavy (non-hydrogen) atoms. The van der Waals surface area contributed by atoms with E-state index < -0.39 is 0 Å². The first-order chi connectivity index (χ1) is 20.8. The molecule has 3 aromatic rings. The van der Waals surface area contributed by atoms with E-state index in [0.29, 0.717) is 54.6 Å². The van der Waals surface area contributed by atoms with Crippen molar-refractivity contribution in [2.24, 2.45) is 0 Å². The van der Waals surface area contributed by atoms with Gasteiger partial charge in [-0.05, 0) is 101 Å². The van der Waals surface area contributed by atoms with E-state index in [1.807, 2.05) is 46.4 Å². The number of piperidine rings is 1. The maximum Gasteiger partial charge on any atom is 0.258 e. The van der Waals surface area contributed by atoms with Gasteiger partial charge >= 0.3 is 0 Å². The Hall–Kier alpha value is -3.69. The molecule has 0 atom stereocenters. The molecule has 9 heteroatoms. The van der Waals surface area contributed by atoms with Crippen LogP contribution in [-0.2, 0) is 11.2 Å². The predicted octanol–water partition coefficient (Wildman–Crippen LogP) is 6.00. The van der Waals surface area contributed by atoms with Gasteiger partial charge in [0.05, 0.1) is 18.0 Å². The first-order valence-electron chi connectivity index (χ1n) is 15.3. The van der Waals surface area contributed by atoms with Crippen LogP contribution >= 0.6 is 11.3 Å². The van der Waals surface area contributed by atoms with Gasteiger partial charge in [0, 0.05) is 48.1 Å². The standard InChI is InChI=1S/C34H42N4O4S/c1-24-9-4-5-10-27(24)33(40)35-28-14-13-25(34(41)38-18-7-6-11-31-29(38)17-22-43-31)23-30(28)42-21-8-12-32(39)37-19-15-26(16-20-37)36(2)3/h4-5,9-10,13-14,17,22-23,26H,6-8,11-12,15-16,18-21H2,1-3H3,(H,35,40). The third-order valence-electron chi connectivity index (χ3n) is 8.50. The second-order valence-electron chi connectivity index (χ2n) is 11.7. The van der Waals surface area contributed by atoms with Gasteiger partial charge in [-0.1, -0.05) is 18.2 Å². The van der Waals surface area contributed by atoms with Crippen LogP contribution in [0.5, 0.6) is 5.75 Å². The molecule has 0 saturated carbocycles. The van der Waals surface area contributed by atoms with E-state index in [0.717, 1.165) is 56.4 Å². The quantitative estimate of drug-likeness (QED) is 0.304. The minimum atomic E-state index is -0.242. The van der Waals surface area contributed by atoms with E-state index in [1.54, 1.807) is 35.6 Å². The highest BCUT2D eigenvalue weighted by molar-refractivity contribution is 7.10. The lowest BCUT2D eigenvalue weighted by atomic mass is 10.0. The molecule has 228 valence electrons. The zero-order chi connectivity index (χ0) is 30.3. The summed E-state index contributed by atoms with van der Waals surface area (Å²) < 4.78 is 6.19. The Bertz CT molecular complexity index is 1440. The summed E-state index contributed by atoms with van der Waals surface area (Å²) in [4.78, 5) is 47.1. The number of carbonyl (C=O) groups is 3. The summed E-state index contributed by atoms with van der Waals surface area (Å²) in [7, 11) is 4.18. The molecule has 0 bridgehead atoms. The third-order valence-corrected chi connectivity index (χ3v) is 9.47. The first-order valence-corrected chi connectivity index (χ1v) is 16.2. The number of benzene rings is 2. The van der Waals surface area contributed by atoms with E-state index in [1.165, 1.54) is 4.88 Å². The van der Waals surface area contributed by atoms with Crippen molar-refractivity contribution in [1.29, 1.82) is 0 Å². The van der Waals surface area contributed by atoms with E-state index in [-0.39, 0.29) is 17.7 Å². The number of thiophene rings is 1. The molecule has 1 saturated heterocycles. The van der Waals surface area contributed by atoms with Crippen LogP contribution in [0.15, 0.2) is 53.9 Å². The van der Waals surface area contributed by atoms with Crippen LogP contribution < -0.4 is 15.0 Å². The molecule has 8 nitrogen and oxygen atoms in total. The van der Waals surface area contributed by atoms with Crippen molar-refractivity contribution in [1.82, 2.24) is 9.80 Å². The number of ether oxygens (including phenoxy) is 1. The van der Waals surface area contributed by atoms with Crippen molar-refractivity contribution in [2.75, 3.05) is 50.6 Å². The van der Waals surface area contributed by atoms with Gasteiger partial charge in [-0.15, -0.1) is 11.3 Å². The molecule has 0 unspecified atom stereocenters. The van der Waals surface area contributed by atoms with E-state index >= 15 is 0 Å². The summed E-state index contributed by atoms with van der Waals surface area (Å²) in [5.41, 5.74) is 3.43. The zero-order valence-electron chi connectivity index (χ0n) is 25.4. The maximum atomic E-state index is 13.8. The highest BCUT2D eigenvalue weighted by Crippen LogP contribution is 2.34. The fraction of sp³-hybridized carbons (Fsp3) is 0.441. The molecule has 5 rings (SSSR count). The van der Waals surface area contributed by atoms with Crippen molar-refractivity contribution >= 4 is 40.4 Å².